The van der Waals surface area contributed by atoms with Crippen LogP contribution in [-0.2, 0) is 0 Å². The van der Waals surface area contributed by atoms with E-state index < -0.39 is 0 Å². The molecule has 3 heterocycles. The molecule has 0 saturated carbocycles. The number of nitrogens with two attached hydrogens (primary N) is 1. The van der Waals surface area contributed by atoms with Gasteiger partial charge in [-0.05, 0) is 47.9 Å². The van der Waals surface area contributed by atoms with Crippen LogP contribution in [0.4, 0.5) is 5.69 Å². The highest BCUT2D eigenvalue weighted by Gasteiger charge is 2.20. The summed E-state index contributed by atoms with van der Waals surface area (Å²) in [5.41, 5.74) is 8.81. The molecule has 4 nitrogen and oxygen atoms in total. The Balaban J connectivity index is 1.92. The van der Waals surface area contributed by atoms with Crippen molar-refractivity contribution in [3.05, 3.63) is 45.1 Å². The van der Waals surface area contributed by atoms with Crippen LogP contribution in [0.5, 0.6) is 0 Å². The first kappa shape index (κ1) is 14.0. The van der Waals surface area contributed by atoms with E-state index in [9.17, 15) is 4.79 Å². The van der Waals surface area contributed by atoms with Crippen molar-refractivity contribution in [2.45, 2.75) is 19.9 Å². The number of nitrogens with zero attached hydrogens (tertiary/aromatic N) is 1. The number of nitrogen functional groups attached to an aromatic ring is 1. The molecule has 1 atom stereocenters. The Kier molecular flexibility index (Phi) is 3.65. The van der Waals surface area contributed by atoms with E-state index in [1.807, 2.05) is 36.7 Å². The van der Waals surface area contributed by atoms with E-state index in [4.69, 9.17) is 5.73 Å². The third-order valence-corrected chi connectivity index (χ3v) is 5.25. The molecule has 3 N–H and O–H groups in total. The molecule has 0 spiro atoms. The van der Waals surface area contributed by atoms with Gasteiger partial charge in [0, 0.05) is 11.6 Å². The van der Waals surface area contributed by atoms with Gasteiger partial charge >= 0.3 is 0 Å². The summed E-state index contributed by atoms with van der Waals surface area (Å²) in [6.45, 7) is 3.94. The van der Waals surface area contributed by atoms with Gasteiger partial charge in [-0.1, -0.05) is 0 Å². The molecule has 3 rings (SSSR count). The monoisotopic (exact) mass is 317 g/mol. The van der Waals surface area contributed by atoms with Gasteiger partial charge in [-0.15, -0.1) is 11.3 Å². The van der Waals surface area contributed by atoms with Crippen LogP contribution in [-0.4, -0.2) is 10.9 Å². The lowest BCUT2D eigenvalue weighted by Gasteiger charge is -2.12. The van der Waals surface area contributed by atoms with E-state index in [1.165, 1.54) is 11.3 Å². The lowest BCUT2D eigenvalue weighted by Crippen LogP contribution is -2.26. The summed E-state index contributed by atoms with van der Waals surface area (Å²) < 4.78 is 0. The molecule has 0 aliphatic rings. The molecule has 3 aromatic heterocycles. The lowest BCUT2D eigenvalue weighted by molar-refractivity contribution is 0.0945. The van der Waals surface area contributed by atoms with Crippen LogP contribution in [0, 0.1) is 6.92 Å². The number of anilines is 1. The predicted molar refractivity (Wildman–Crippen MR) is 89.0 cm³/mol. The highest BCUT2D eigenvalue weighted by Crippen LogP contribution is 2.34. The molecular formula is C15H15N3OS2. The SMILES string of the molecule is Cc1ccnc2sc(C(=O)NC(C)c3ccsc3)c(N)c12. The zero-order chi connectivity index (χ0) is 15.0. The molecule has 1 unspecified atom stereocenters. The molecule has 21 heavy (non-hydrogen) atoms. The number of thiophene rings is 2. The average Bonchev–Trinajstić information content (AvgIpc) is 3.07. The van der Waals surface area contributed by atoms with Crippen molar-refractivity contribution >= 4 is 44.5 Å². The maximum atomic E-state index is 12.4. The van der Waals surface area contributed by atoms with Gasteiger partial charge in [-0.3, -0.25) is 4.79 Å². The maximum Gasteiger partial charge on any atom is 0.264 e. The van der Waals surface area contributed by atoms with Crippen LogP contribution in [0.25, 0.3) is 10.2 Å². The van der Waals surface area contributed by atoms with Gasteiger partial charge in [0.2, 0.25) is 0 Å². The van der Waals surface area contributed by atoms with E-state index >= 15 is 0 Å². The van der Waals surface area contributed by atoms with Crippen molar-refractivity contribution in [2.75, 3.05) is 5.73 Å². The van der Waals surface area contributed by atoms with Gasteiger partial charge in [-0.2, -0.15) is 11.3 Å². The van der Waals surface area contributed by atoms with E-state index in [0.29, 0.717) is 10.6 Å². The van der Waals surface area contributed by atoms with E-state index in [2.05, 4.69) is 10.3 Å². The second kappa shape index (κ2) is 5.46. The fourth-order valence-corrected chi connectivity index (χ4v) is 4.04. The third-order valence-electron chi connectivity index (χ3n) is 3.43. The summed E-state index contributed by atoms with van der Waals surface area (Å²) in [4.78, 5) is 18.1. The second-order valence-corrected chi connectivity index (χ2v) is 6.68. The van der Waals surface area contributed by atoms with Gasteiger partial charge in [0.15, 0.2) is 0 Å². The van der Waals surface area contributed by atoms with Crippen molar-refractivity contribution in [3.63, 3.8) is 0 Å². The Labute approximate surface area is 130 Å². The summed E-state index contributed by atoms with van der Waals surface area (Å²) >= 11 is 2.96. The van der Waals surface area contributed by atoms with E-state index in [-0.39, 0.29) is 11.9 Å². The van der Waals surface area contributed by atoms with E-state index in [1.54, 1.807) is 17.5 Å². The molecule has 108 valence electrons. The van der Waals surface area contributed by atoms with Crippen LogP contribution in [0.1, 0.15) is 33.8 Å². The fourth-order valence-electron chi connectivity index (χ4n) is 2.24. The topological polar surface area (TPSA) is 68.0 Å². The molecule has 0 bridgehead atoms. The number of hydrogen-bond donors (Lipinski definition) is 2. The quantitative estimate of drug-likeness (QED) is 0.773. The molecule has 0 aliphatic heterocycles. The van der Waals surface area contributed by atoms with Gasteiger partial charge < -0.3 is 11.1 Å². The first-order chi connectivity index (χ1) is 10.1. The van der Waals surface area contributed by atoms with Crippen LogP contribution in [0.2, 0.25) is 0 Å². The van der Waals surface area contributed by atoms with E-state index in [0.717, 1.165) is 21.3 Å². The largest absolute Gasteiger partial charge is 0.397 e. The normalized spacial score (nSPS) is 12.5. The molecule has 3 aromatic rings. The predicted octanol–water partition coefficient (Wildman–Crippen LogP) is 3.74. The standard InChI is InChI=1S/C15H15N3OS2/c1-8-3-5-17-15-11(8)12(16)13(21-15)14(19)18-9(2)10-4-6-20-7-10/h3-7,9H,16H2,1-2H3,(H,18,19). The second-order valence-electron chi connectivity index (χ2n) is 4.90. The Bertz CT molecular complexity index is 793. The minimum atomic E-state index is -0.145. The average molecular weight is 317 g/mol. The number of rotatable bonds is 3. The minimum absolute atomic E-state index is 0.0394. The van der Waals surface area contributed by atoms with Crippen molar-refractivity contribution in [1.82, 2.24) is 10.3 Å². The van der Waals surface area contributed by atoms with Crippen molar-refractivity contribution in [1.29, 1.82) is 0 Å². The number of amides is 1. The number of nitrogens with one attached hydrogen (secondary N) is 1. The Morgan fingerprint density at radius 1 is 1.43 bits per heavy atom. The lowest BCUT2D eigenvalue weighted by atomic mass is 10.1. The Hall–Kier alpha value is -1.92. The maximum absolute atomic E-state index is 12.4. The van der Waals surface area contributed by atoms with Crippen LogP contribution < -0.4 is 11.1 Å². The molecule has 0 aromatic carbocycles. The number of carbonyl (C=O) groups excluding carboxylic acids is 1. The fraction of sp³-hybridized carbons (Fsp3) is 0.200. The third kappa shape index (κ3) is 2.52. The Morgan fingerprint density at radius 3 is 2.90 bits per heavy atom. The summed E-state index contributed by atoms with van der Waals surface area (Å²) in [5, 5.41) is 7.91. The molecule has 0 aliphatic carbocycles. The zero-order valence-corrected chi connectivity index (χ0v) is 13.3. The molecule has 0 radical (unpaired) electrons. The van der Waals surface area contributed by atoms with Crippen LogP contribution >= 0.6 is 22.7 Å². The number of hydrogen-bond acceptors (Lipinski definition) is 5. The first-order valence-electron chi connectivity index (χ1n) is 6.54. The number of aryl methyl sites for hydroxylation is 1. The summed E-state index contributed by atoms with van der Waals surface area (Å²) in [6.07, 6.45) is 1.74. The number of fused-ring (bicyclic) bond motifs is 1. The number of aromatic nitrogens is 1. The smallest absolute Gasteiger partial charge is 0.264 e. The van der Waals surface area contributed by atoms with Gasteiger partial charge in [0.1, 0.15) is 9.71 Å². The van der Waals surface area contributed by atoms with Crippen molar-refractivity contribution in [2.24, 2.45) is 0 Å². The highest BCUT2D eigenvalue weighted by molar-refractivity contribution is 7.21. The minimum Gasteiger partial charge on any atom is -0.397 e. The van der Waals surface area contributed by atoms with Crippen molar-refractivity contribution < 1.29 is 4.79 Å². The molecule has 1 amide bonds. The molecule has 6 heteroatoms. The first-order valence-corrected chi connectivity index (χ1v) is 8.30. The number of carbonyl (C=O) groups is 1. The highest BCUT2D eigenvalue weighted by atomic mass is 32.1. The van der Waals surface area contributed by atoms with Crippen LogP contribution in [0.15, 0.2) is 29.1 Å². The summed E-state index contributed by atoms with van der Waals surface area (Å²) in [5.74, 6) is -0.145. The zero-order valence-electron chi connectivity index (χ0n) is 11.7. The van der Waals surface area contributed by atoms with Crippen LogP contribution in [0.3, 0.4) is 0 Å². The summed E-state index contributed by atoms with van der Waals surface area (Å²) in [7, 11) is 0. The Morgan fingerprint density at radius 2 is 2.24 bits per heavy atom. The molecular weight excluding hydrogens is 302 g/mol. The van der Waals surface area contributed by atoms with Gasteiger partial charge in [0.05, 0.1) is 11.7 Å². The summed E-state index contributed by atoms with van der Waals surface area (Å²) in [6, 6.07) is 3.87. The van der Waals surface area contributed by atoms with Gasteiger partial charge in [-0.25, -0.2) is 4.98 Å². The molecule has 0 fully saturated rings. The van der Waals surface area contributed by atoms with Gasteiger partial charge in [0.25, 0.3) is 5.91 Å². The van der Waals surface area contributed by atoms with Crippen molar-refractivity contribution in [3.8, 4) is 0 Å². The molecule has 0 saturated heterocycles. The number of pyridine rings is 1.